The normalized spacial score (nSPS) is 10.3. The first-order chi connectivity index (χ1) is 7.26. The first kappa shape index (κ1) is 12.2. The van der Waals surface area contributed by atoms with Crippen molar-refractivity contribution in [3.8, 4) is 0 Å². The van der Waals surface area contributed by atoms with E-state index in [9.17, 15) is 0 Å². The quantitative estimate of drug-likeness (QED) is 0.762. The van der Waals surface area contributed by atoms with Crippen LogP contribution in [0.2, 0.25) is 5.15 Å². The first-order valence-electron chi connectivity index (χ1n) is 5.11. The van der Waals surface area contributed by atoms with Crippen LogP contribution < -0.4 is 5.32 Å². The fourth-order valence-electron chi connectivity index (χ4n) is 1.07. The molecule has 0 spiro atoms. The van der Waals surface area contributed by atoms with Gasteiger partial charge in [0, 0.05) is 19.2 Å². The molecular formula is C10H16ClN3O. The van der Waals surface area contributed by atoms with Gasteiger partial charge in [0.2, 0.25) is 0 Å². The third-order valence-corrected chi connectivity index (χ3v) is 1.93. The van der Waals surface area contributed by atoms with Gasteiger partial charge in [0.1, 0.15) is 17.6 Å². The lowest BCUT2D eigenvalue weighted by Crippen LogP contribution is -2.06. The Morgan fingerprint density at radius 3 is 2.87 bits per heavy atom. The van der Waals surface area contributed by atoms with Crippen LogP contribution in [0.25, 0.3) is 0 Å². The maximum absolute atomic E-state index is 5.86. The van der Waals surface area contributed by atoms with Crippen molar-refractivity contribution in [3.63, 3.8) is 0 Å². The minimum Gasteiger partial charge on any atom is -0.374 e. The number of ether oxygens (including phenoxy) is 1. The van der Waals surface area contributed by atoms with Crippen molar-refractivity contribution in [2.75, 3.05) is 18.5 Å². The predicted molar refractivity (Wildman–Crippen MR) is 61.2 cm³/mol. The number of rotatable bonds is 6. The van der Waals surface area contributed by atoms with Crippen LogP contribution in [0.5, 0.6) is 0 Å². The summed E-state index contributed by atoms with van der Waals surface area (Å²) in [4.78, 5) is 8.35. The van der Waals surface area contributed by atoms with E-state index in [2.05, 4.69) is 22.2 Å². The van der Waals surface area contributed by atoms with Gasteiger partial charge in [-0.05, 0) is 13.3 Å². The van der Waals surface area contributed by atoms with Gasteiger partial charge in [-0.25, -0.2) is 9.97 Å². The largest absolute Gasteiger partial charge is 0.374 e. The average molecular weight is 230 g/mol. The molecule has 0 bridgehead atoms. The van der Waals surface area contributed by atoms with Crippen LogP contribution in [0.3, 0.4) is 0 Å². The van der Waals surface area contributed by atoms with Crippen molar-refractivity contribution in [3.05, 3.63) is 17.0 Å². The molecule has 1 N–H and O–H groups in total. The molecule has 0 fully saturated rings. The molecule has 0 unspecified atom stereocenters. The summed E-state index contributed by atoms with van der Waals surface area (Å²) in [5.41, 5.74) is 0. The van der Waals surface area contributed by atoms with E-state index < -0.39 is 0 Å². The maximum atomic E-state index is 5.86. The zero-order valence-corrected chi connectivity index (χ0v) is 9.84. The number of aromatic nitrogens is 2. The zero-order chi connectivity index (χ0) is 11.1. The third kappa shape index (κ3) is 4.44. The lowest BCUT2D eigenvalue weighted by Gasteiger charge is -2.06. The number of nitrogens with zero attached hydrogens (tertiary/aromatic N) is 2. The van der Waals surface area contributed by atoms with E-state index in [1.807, 2.05) is 6.92 Å². The highest BCUT2D eigenvalue weighted by molar-refractivity contribution is 6.29. The molecule has 0 atom stereocenters. The Kier molecular flexibility index (Phi) is 5.36. The Morgan fingerprint density at radius 1 is 1.40 bits per heavy atom. The number of hydrogen-bond acceptors (Lipinski definition) is 4. The number of nitrogens with one attached hydrogen (secondary N) is 1. The highest BCUT2D eigenvalue weighted by Crippen LogP contribution is 2.12. The molecule has 0 aliphatic carbocycles. The summed E-state index contributed by atoms with van der Waals surface area (Å²) in [7, 11) is 0. The SMILES string of the molecule is CCCNc1cc(Cl)nc(COCC)n1. The van der Waals surface area contributed by atoms with Gasteiger partial charge in [0.15, 0.2) is 5.82 Å². The van der Waals surface area contributed by atoms with Crippen molar-refractivity contribution in [2.45, 2.75) is 26.9 Å². The van der Waals surface area contributed by atoms with Crippen LogP contribution in [0, 0.1) is 0 Å². The summed E-state index contributed by atoms with van der Waals surface area (Å²) in [6, 6.07) is 1.71. The van der Waals surface area contributed by atoms with Gasteiger partial charge < -0.3 is 10.1 Å². The summed E-state index contributed by atoms with van der Waals surface area (Å²) < 4.78 is 5.22. The Balaban J connectivity index is 2.66. The average Bonchev–Trinajstić information content (AvgIpc) is 2.23. The molecule has 15 heavy (non-hydrogen) atoms. The van der Waals surface area contributed by atoms with Gasteiger partial charge in [-0.2, -0.15) is 0 Å². The molecule has 1 aromatic rings. The second kappa shape index (κ2) is 6.58. The van der Waals surface area contributed by atoms with E-state index >= 15 is 0 Å². The molecule has 0 aliphatic heterocycles. The summed E-state index contributed by atoms with van der Waals surface area (Å²) >= 11 is 5.86. The van der Waals surface area contributed by atoms with Crippen LogP contribution >= 0.6 is 11.6 Å². The molecule has 84 valence electrons. The standard InChI is InChI=1S/C10H16ClN3O/c1-3-5-12-9-6-8(11)13-10(14-9)7-15-4-2/h6H,3-5,7H2,1-2H3,(H,12,13,14). The molecule has 1 heterocycles. The van der Waals surface area contributed by atoms with Gasteiger partial charge in [-0.15, -0.1) is 0 Å². The molecule has 1 aromatic heterocycles. The van der Waals surface area contributed by atoms with Gasteiger partial charge in [-0.3, -0.25) is 0 Å². The fraction of sp³-hybridized carbons (Fsp3) is 0.600. The van der Waals surface area contributed by atoms with Crippen molar-refractivity contribution in [1.82, 2.24) is 9.97 Å². The van der Waals surface area contributed by atoms with Crippen LogP contribution in [-0.4, -0.2) is 23.1 Å². The predicted octanol–water partition coefficient (Wildman–Crippen LogP) is 2.49. The Hall–Kier alpha value is -0.870. The van der Waals surface area contributed by atoms with E-state index in [1.165, 1.54) is 0 Å². The van der Waals surface area contributed by atoms with E-state index in [0.717, 1.165) is 18.8 Å². The van der Waals surface area contributed by atoms with Crippen LogP contribution in [0.15, 0.2) is 6.07 Å². The second-order valence-electron chi connectivity index (χ2n) is 3.06. The van der Waals surface area contributed by atoms with E-state index in [1.54, 1.807) is 6.07 Å². The zero-order valence-electron chi connectivity index (χ0n) is 9.09. The van der Waals surface area contributed by atoms with Crippen molar-refractivity contribution in [2.24, 2.45) is 0 Å². The molecule has 4 nitrogen and oxygen atoms in total. The number of halogens is 1. The summed E-state index contributed by atoms with van der Waals surface area (Å²) in [5.74, 6) is 1.37. The molecule has 5 heteroatoms. The molecule has 0 amide bonds. The minimum atomic E-state index is 0.401. The molecule has 0 saturated carbocycles. The summed E-state index contributed by atoms with van der Waals surface area (Å²) in [6.45, 7) is 5.95. The monoisotopic (exact) mass is 229 g/mol. The Morgan fingerprint density at radius 2 is 2.20 bits per heavy atom. The molecule has 0 radical (unpaired) electrons. The van der Waals surface area contributed by atoms with Crippen LogP contribution in [0.1, 0.15) is 26.1 Å². The fourth-order valence-corrected chi connectivity index (χ4v) is 1.27. The molecular weight excluding hydrogens is 214 g/mol. The van der Waals surface area contributed by atoms with E-state index in [-0.39, 0.29) is 0 Å². The highest BCUT2D eigenvalue weighted by atomic mass is 35.5. The Bertz CT molecular complexity index is 280. The topological polar surface area (TPSA) is 47.0 Å². The van der Waals surface area contributed by atoms with Gasteiger partial charge >= 0.3 is 0 Å². The van der Waals surface area contributed by atoms with Crippen molar-refractivity contribution >= 4 is 17.4 Å². The molecule has 1 rings (SSSR count). The van der Waals surface area contributed by atoms with Crippen LogP contribution in [-0.2, 0) is 11.3 Å². The highest BCUT2D eigenvalue weighted by Gasteiger charge is 2.02. The second-order valence-corrected chi connectivity index (χ2v) is 3.44. The summed E-state index contributed by atoms with van der Waals surface area (Å²) in [5, 5.41) is 3.60. The lowest BCUT2D eigenvalue weighted by molar-refractivity contribution is 0.128. The molecule has 0 saturated heterocycles. The van der Waals surface area contributed by atoms with Gasteiger partial charge in [0.05, 0.1) is 0 Å². The lowest BCUT2D eigenvalue weighted by atomic mass is 10.4. The van der Waals surface area contributed by atoms with Gasteiger partial charge in [-0.1, -0.05) is 18.5 Å². The number of hydrogen-bond donors (Lipinski definition) is 1. The molecule has 0 aliphatic rings. The minimum absolute atomic E-state index is 0.401. The van der Waals surface area contributed by atoms with Gasteiger partial charge in [0.25, 0.3) is 0 Å². The maximum Gasteiger partial charge on any atom is 0.158 e. The number of anilines is 1. The summed E-state index contributed by atoms with van der Waals surface area (Å²) in [6.07, 6.45) is 1.04. The van der Waals surface area contributed by atoms with Crippen molar-refractivity contribution in [1.29, 1.82) is 0 Å². The smallest absolute Gasteiger partial charge is 0.158 e. The van der Waals surface area contributed by atoms with E-state index in [4.69, 9.17) is 16.3 Å². The molecule has 0 aromatic carbocycles. The van der Waals surface area contributed by atoms with Crippen molar-refractivity contribution < 1.29 is 4.74 Å². The first-order valence-corrected chi connectivity index (χ1v) is 5.49. The van der Waals surface area contributed by atoms with Crippen LogP contribution in [0.4, 0.5) is 5.82 Å². The third-order valence-electron chi connectivity index (χ3n) is 1.73. The van der Waals surface area contributed by atoms with E-state index in [0.29, 0.717) is 24.2 Å². The Labute approximate surface area is 95.0 Å².